The molecule has 0 radical (unpaired) electrons. The van der Waals surface area contributed by atoms with Crippen LogP contribution in [-0.2, 0) is 11.2 Å². The molecule has 1 atom stereocenters. The molecule has 2 aliphatic rings. The molecule has 1 saturated heterocycles. The summed E-state index contributed by atoms with van der Waals surface area (Å²) >= 11 is 6.18. The van der Waals surface area contributed by atoms with E-state index in [1.165, 1.54) is 6.42 Å². The van der Waals surface area contributed by atoms with E-state index in [0.29, 0.717) is 42.1 Å². The fourth-order valence-electron chi connectivity index (χ4n) is 2.89. The first-order valence-corrected chi connectivity index (χ1v) is 8.15. The molecule has 1 fully saturated rings. The van der Waals surface area contributed by atoms with Crippen molar-refractivity contribution in [3.63, 3.8) is 0 Å². The van der Waals surface area contributed by atoms with E-state index in [9.17, 15) is 4.79 Å². The van der Waals surface area contributed by atoms with Crippen LogP contribution in [0.3, 0.4) is 0 Å². The average molecular weight is 361 g/mol. The van der Waals surface area contributed by atoms with E-state index in [-0.39, 0.29) is 18.3 Å². The molecule has 2 aliphatic heterocycles. The lowest BCUT2D eigenvalue weighted by Gasteiger charge is -2.20. The molecule has 23 heavy (non-hydrogen) atoms. The van der Waals surface area contributed by atoms with Gasteiger partial charge in [-0.25, -0.2) is 0 Å². The lowest BCUT2D eigenvalue weighted by molar-refractivity contribution is -0.120. The van der Waals surface area contributed by atoms with E-state index in [0.717, 1.165) is 31.6 Å². The Hall–Kier alpha value is -1.17. The number of hydrogen-bond acceptors (Lipinski definition) is 4. The fraction of sp³-hybridized carbons (Fsp3) is 0.562. The lowest BCUT2D eigenvalue weighted by Crippen LogP contribution is -2.28. The van der Waals surface area contributed by atoms with Crippen LogP contribution in [0.5, 0.6) is 11.5 Å². The Morgan fingerprint density at radius 3 is 2.96 bits per heavy atom. The maximum atomic E-state index is 12.0. The maximum absolute atomic E-state index is 12.0. The zero-order chi connectivity index (χ0) is 15.4. The molecule has 0 aromatic heterocycles. The molecule has 1 aromatic carbocycles. The summed E-state index contributed by atoms with van der Waals surface area (Å²) in [6, 6.07) is 3.61. The summed E-state index contributed by atoms with van der Waals surface area (Å²) in [5, 5.41) is 6.81. The fourth-order valence-corrected chi connectivity index (χ4v) is 3.18. The van der Waals surface area contributed by atoms with Gasteiger partial charge in [0.05, 0.1) is 11.4 Å². The lowest BCUT2D eigenvalue weighted by atomic mass is 10.1. The number of rotatable bonds is 5. The van der Waals surface area contributed by atoms with Gasteiger partial charge in [-0.3, -0.25) is 4.79 Å². The van der Waals surface area contributed by atoms with Gasteiger partial charge < -0.3 is 20.1 Å². The molecular weight excluding hydrogens is 339 g/mol. The molecule has 5 nitrogen and oxygen atoms in total. The van der Waals surface area contributed by atoms with Crippen molar-refractivity contribution < 1.29 is 14.3 Å². The Morgan fingerprint density at radius 2 is 2.17 bits per heavy atom. The molecule has 0 saturated carbocycles. The average Bonchev–Trinajstić information content (AvgIpc) is 3.00. The van der Waals surface area contributed by atoms with Crippen LogP contribution in [0.2, 0.25) is 5.02 Å². The largest absolute Gasteiger partial charge is 0.486 e. The predicted molar refractivity (Wildman–Crippen MR) is 92.0 cm³/mol. The normalized spacial score (nSPS) is 19.1. The van der Waals surface area contributed by atoms with Crippen LogP contribution in [0.25, 0.3) is 0 Å². The minimum absolute atomic E-state index is 0. The van der Waals surface area contributed by atoms with Gasteiger partial charge in [-0.2, -0.15) is 0 Å². The quantitative estimate of drug-likeness (QED) is 0.844. The molecule has 1 unspecified atom stereocenters. The van der Waals surface area contributed by atoms with Gasteiger partial charge in [-0.05, 0) is 49.5 Å². The summed E-state index contributed by atoms with van der Waals surface area (Å²) < 4.78 is 11.0. The topological polar surface area (TPSA) is 59.6 Å². The van der Waals surface area contributed by atoms with E-state index in [1.807, 2.05) is 6.07 Å². The number of hydrogen-bond donors (Lipinski definition) is 2. The monoisotopic (exact) mass is 360 g/mol. The first-order valence-electron chi connectivity index (χ1n) is 7.78. The van der Waals surface area contributed by atoms with E-state index in [2.05, 4.69) is 10.6 Å². The first kappa shape index (κ1) is 18.2. The Morgan fingerprint density at radius 1 is 1.35 bits per heavy atom. The summed E-state index contributed by atoms with van der Waals surface area (Å²) in [5.74, 6) is 1.90. The molecule has 0 spiro atoms. The summed E-state index contributed by atoms with van der Waals surface area (Å²) in [5.41, 5.74) is 0.842. The smallest absolute Gasteiger partial charge is 0.224 e. The van der Waals surface area contributed by atoms with E-state index in [1.54, 1.807) is 6.07 Å². The van der Waals surface area contributed by atoms with E-state index in [4.69, 9.17) is 21.1 Å². The van der Waals surface area contributed by atoms with Crippen molar-refractivity contribution in [2.24, 2.45) is 5.92 Å². The highest BCUT2D eigenvalue weighted by Crippen LogP contribution is 2.38. The van der Waals surface area contributed by atoms with Crippen LogP contribution in [0, 0.1) is 5.92 Å². The van der Waals surface area contributed by atoms with Crippen molar-refractivity contribution in [3.05, 3.63) is 22.7 Å². The highest BCUT2D eigenvalue weighted by Gasteiger charge is 2.18. The molecule has 7 heteroatoms. The first-order chi connectivity index (χ1) is 10.7. The Labute approximate surface area is 147 Å². The molecule has 2 N–H and O–H groups in total. The highest BCUT2D eigenvalue weighted by molar-refractivity contribution is 6.32. The third-order valence-electron chi connectivity index (χ3n) is 4.06. The molecule has 3 rings (SSSR count). The van der Waals surface area contributed by atoms with Crippen molar-refractivity contribution in [2.45, 2.75) is 19.3 Å². The second kappa shape index (κ2) is 8.62. The highest BCUT2D eigenvalue weighted by atomic mass is 35.5. The zero-order valence-electron chi connectivity index (χ0n) is 12.9. The molecule has 128 valence electrons. The summed E-state index contributed by atoms with van der Waals surface area (Å²) in [6.45, 7) is 3.89. The Kier molecular flexibility index (Phi) is 6.81. The molecule has 1 aromatic rings. The molecular formula is C16H22Cl2N2O3. The van der Waals surface area contributed by atoms with Gasteiger partial charge in [0.2, 0.25) is 5.91 Å². The van der Waals surface area contributed by atoms with Gasteiger partial charge in [0.15, 0.2) is 11.5 Å². The molecule has 0 bridgehead atoms. The summed E-state index contributed by atoms with van der Waals surface area (Å²) in [7, 11) is 0. The van der Waals surface area contributed by atoms with Crippen molar-refractivity contribution in [3.8, 4) is 11.5 Å². The van der Waals surface area contributed by atoms with Crippen molar-refractivity contribution >= 4 is 29.9 Å². The van der Waals surface area contributed by atoms with Crippen LogP contribution in [-0.4, -0.2) is 38.8 Å². The molecule has 1 amide bonds. The number of nitrogens with one attached hydrogen (secondary N) is 2. The number of ether oxygens (including phenoxy) is 2. The van der Waals surface area contributed by atoms with E-state index < -0.39 is 0 Å². The summed E-state index contributed by atoms with van der Waals surface area (Å²) in [6.07, 6.45) is 2.54. The molecule has 2 heterocycles. The second-order valence-corrected chi connectivity index (χ2v) is 6.18. The van der Waals surface area contributed by atoms with Crippen molar-refractivity contribution in [1.82, 2.24) is 10.6 Å². The van der Waals surface area contributed by atoms with Crippen LogP contribution in [0.4, 0.5) is 0 Å². The Balaban J connectivity index is 0.00000192. The van der Waals surface area contributed by atoms with Gasteiger partial charge in [-0.15, -0.1) is 12.4 Å². The third-order valence-corrected chi connectivity index (χ3v) is 4.34. The van der Waals surface area contributed by atoms with Gasteiger partial charge in [0.25, 0.3) is 0 Å². The van der Waals surface area contributed by atoms with Crippen LogP contribution in [0.1, 0.15) is 18.4 Å². The number of amides is 1. The maximum Gasteiger partial charge on any atom is 0.224 e. The zero-order valence-corrected chi connectivity index (χ0v) is 14.5. The van der Waals surface area contributed by atoms with Crippen molar-refractivity contribution in [1.29, 1.82) is 0 Å². The van der Waals surface area contributed by atoms with Gasteiger partial charge in [0, 0.05) is 6.54 Å². The van der Waals surface area contributed by atoms with Crippen LogP contribution in [0.15, 0.2) is 12.1 Å². The van der Waals surface area contributed by atoms with Gasteiger partial charge in [-0.1, -0.05) is 11.6 Å². The number of carbonyl (C=O) groups excluding carboxylic acids is 1. The third kappa shape index (κ3) is 4.90. The summed E-state index contributed by atoms with van der Waals surface area (Å²) in [4.78, 5) is 12.0. The minimum Gasteiger partial charge on any atom is -0.486 e. The van der Waals surface area contributed by atoms with Crippen molar-refractivity contribution in [2.75, 3.05) is 32.8 Å². The SMILES string of the molecule is Cl.O=C(Cc1cc(Cl)c2c(c1)OCCO2)NCCC1CCNC1. The van der Waals surface area contributed by atoms with Gasteiger partial charge in [0.1, 0.15) is 13.2 Å². The minimum atomic E-state index is 0. The predicted octanol–water partition coefficient (Wildman–Crippen LogP) is 2.19. The number of fused-ring (bicyclic) bond motifs is 1. The molecule has 0 aliphatic carbocycles. The Bertz CT molecular complexity index is 548. The van der Waals surface area contributed by atoms with Crippen LogP contribution >= 0.6 is 24.0 Å². The number of carbonyl (C=O) groups is 1. The standard InChI is InChI=1S/C16H21ClN2O3.ClH/c17-13-7-12(8-14-16(13)22-6-5-21-14)9-15(20)19-4-2-11-1-3-18-10-11;/h7-8,11,18H,1-6,9-10H2,(H,19,20);1H. The van der Waals surface area contributed by atoms with Crippen LogP contribution < -0.4 is 20.1 Å². The van der Waals surface area contributed by atoms with E-state index >= 15 is 0 Å². The number of benzene rings is 1. The number of halogens is 2. The van der Waals surface area contributed by atoms with Gasteiger partial charge >= 0.3 is 0 Å². The second-order valence-electron chi connectivity index (χ2n) is 5.78.